The van der Waals surface area contributed by atoms with Gasteiger partial charge in [0.05, 0.1) is 11.0 Å². The van der Waals surface area contributed by atoms with Crippen LogP contribution < -0.4 is 15.7 Å². The summed E-state index contributed by atoms with van der Waals surface area (Å²) in [6.45, 7) is -0.350. The number of amides is 1. The maximum Gasteiger partial charge on any atom is 0.323 e. The number of imidazole rings is 1. The fourth-order valence-electron chi connectivity index (χ4n) is 3.32. The van der Waals surface area contributed by atoms with Crippen molar-refractivity contribution in [2.24, 2.45) is 0 Å². The van der Waals surface area contributed by atoms with Gasteiger partial charge in [0.15, 0.2) is 6.61 Å². The van der Waals surface area contributed by atoms with Crippen molar-refractivity contribution >= 4 is 28.6 Å². The highest BCUT2D eigenvalue weighted by atomic mass is 16.5. The Morgan fingerprint density at radius 3 is 2.36 bits per heavy atom. The molecule has 0 aliphatic carbocycles. The van der Waals surface area contributed by atoms with Crippen LogP contribution in [0.15, 0.2) is 77.6 Å². The van der Waals surface area contributed by atoms with E-state index in [0.717, 1.165) is 22.3 Å². The molecule has 0 aliphatic heterocycles. The third-order valence-corrected chi connectivity index (χ3v) is 4.91. The largest absolute Gasteiger partial charge is 0.457 e. The first-order valence-electron chi connectivity index (χ1n) is 10.5. The number of hydrogen-bond acceptors (Lipinski definition) is 5. The first-order valence-corrected chi connectivity index (χ1v) is 10.5. The van der Waals surface area contributed by atoms with Gasteiger partial charge in [0.25, 0.3) is 5.91 Å². The third kappa shape index (κ3) is 6.33. The predicted molar refractivity (Wildman–Crippen MR) is 124 cm³/mol. The second kappa shape index (κ2) is 10.3. The van der Waals surface area contributed by atoms with Crippen molar-refractivity contribution in [1.82, 2.24) is 9.97 Å². The number of ether oxygens (including phenoxy) is 2. The predicted octanol–water partition coefficient (Wildman–Crippen LogP) is 4.15. The van der Waals surface area contributed by atoms with Gasteiger partial charge in [0.1, 0.15) is 11.5 Å². The molecule has 0 atom stereocenters. The van der Waals surface area contributed by atoms with Crippen LogP contribution >= 0.6 is 0 Å². The second-order valence-corrected chi connectivity index (χ2v) is 7.46. The number of benzene rings is 3. The Bertz CT molecular complexity index is 1290. The summed E-state index contributed by atoms with van der Waals surface area (Å²) in [5, 5.41) is 2.69. The van der Waals surface area contributed by atoms with Crippen LogP contribution in [0.4, 0.5) is 5.69 Å². The Morgan fingerprint density at radius 2 is 1.58 bits per heavy atom. The Hall–Kier alpha value is -4.33. The minimum atomic E-state index is -0.437. The van der Waals surface area contributed by atoms with Crippen molar-refractivity contribution in [1.29, 1.82) is 0 Å². The van der Waals surface area contributed by atoms with Gasteiger partial charge in [-0.15, -0.1) is 0 Å². The van der Waals surface area contributed by atoms with Gasteiger partial charge >= 0.3 is 11.7 Å². The van der Waals surface area contributed by atoms with Crippen molar-refractivity contribution in [3.05, 3.63) is 88.8 Å². The van der Waals surface area contributed by atoms with Crippen LogP contribution in [0.2, 0.25) is 0 Å². The van der Waals surface area contributed by atoms with Crippen LogP contribution in [0.3, 0.4) is 0 Å². The minimum Gasteiger partial charge on any atom is -0.457 e. The van der Waals surface area contributed by atoms with Gasteiger partial charge in [-0.1, -0.05) is 24.3 Å². The lowest BCUT2D eigenvalue weighted by atomic mass is 10.1. The molecule has 0 spiro atoms. The minimum absolute atomic E-state index is 0.195. The van der Waals surface area contributed by atoms with E-state index in [1.807, 2.05) is 48.5 Å². The van der Waals surface area contributed by atoms with E-state index < -0.39 is 11.9 Å². The van der Waals surface area contributed by atoms with Crippen molar-refractivity contribution in [2.45, 2.75) is 19.3 Å². The molecule has 8 nitrogen and oxygen atoms in total. The SMILES string of the molecule is O=C(COC(=O)CCCc1ccc2[nH]c(=O)[nH]c2c1)Nc1ccc(Oc2ccccc2)cc1. The zero-order valence-corrected chi connectivity index (χ0v) is 17.8. The zero-order valence-electron chi connectivity index (χ0n) is 17.8. The van der Waals surface area contributed by atoms with E-state index in [4.69, 9.17) is 9.47 Å². The standard InChI is InChI=1S/C25H23N3O5/c29-23(26-18-10-12-20(13-11-18)33-19-6-2-1-3-7-19)16-32-24(30)8-4-5-17-9-14-21-22(15-17)28-25(31)27-21/h1-3,6-7,9-15H,4-5,8,16H2,(H,26,29)(H2,27,28,31). The number of esters is 1. The molecule has 0 saturated heterocycles. The Balaban J connectivity index is 1.16. The Kier molecular flexibility index (Phi) is 6.84. The molecule has 0 saturated carbocycles. The lowest BCUT2D eigenvalue weighted by molar-refractivity contribution is -0.147. The van der Waals surface area contributed by atoms with Crippen LogP contribution in [-0.4, -0.2) is 28.5 Å². The van der Waals surface area contributed by atoms with E-state index in [0.29, 0.717) is 24.3 Å². The number of rotatable bonds is 9. The lowest BCUT2D eigenvalue weighted by Crippen LogP contribution is -2.20. The molecule has 3 aromatic carbocycles. The molecule has 1 aromatic heterocycles. The lowest BCUT2D eigenvalue weighted by Gasteiger charge is -2.09. The zero-order chi connectivity index (χ0) is 23.0. The molecule has 0 bridgehead atoms. The monoisotopic (exact) mass is 445 g/mol. The van der Waals surface area contributed by atoms with E-state index in [-0.39, 0.29) is 18.7 Å². The first-order chi connectivity index (χ1) is 16.0. The molecular weight excluding hydrogens is 422 g/mol. The average Bonchev–Trinajstić information content (AvgIpc) is 3.19. The maximum atomic E-state index is 12.1. The van der Waals surface area contributed by atoms with E-state index in [2.05, 4.69) is 15.3 Å². The number of anilines is 1. The van der Waals surface area contributed by atoms with Crippen LogP contribution in [-0.2, 0) is 20.7 Å². The molecule has 0 fully saturated rings. The Morgan fingerprint density at radius 1 is 0.848 bits per heavy atom. The number of nitrogens with one attached hydrogen (secondary N) is 3. The highest BCUT2D eigenvalue weighted by molar-refractivity contribution is 5.92. The van der Waals surface area contributed by atoms with Crippen molar-refractivity contribution in [3.8, 4) is 11.5 Å². The summed E-state index contributed by atoms with van der Waals surface area (Å²) in [6.07, 6.45) is 1.42. The molecule has 1 heterocycles. The molecule has 1 amide bonds. The fourth-order valence-corrected chi connectivity index (χ4v) is 3.32. The molecule has 33 heavy (non-hydrogen) atoms. The highest BCUT2D eigenvalue weighted by Gasteiger charge is 2.09. The number of para-hydroxylation sites is 1. The van der Waals surface area contributed by atoms with Crippen molar-refractivity contribution < 1.29 is 19.1 Å². The van der Waals surface area contributed by atoms with E-state index >= 15 is 0 Å². The van der Waals surface area contributed by atoms with Crippen LogP contribution in [0.5, 0.6) is 11.5 Å². The van der Waals surface area contributed by atoms with E-state index in [1.165, 1.54) is 0 Å². The summed E-state index contributed by atoms with van der Waals surface area (Å²) in [5.41, 5.74) is 2.81. The molecule has 0 radical (unpaired) electrons. The quantitative estimate of drug-likeness (QED) is 0.335. The van der Waals surface area contributed by atoms with Gasteiger partial charge in [-0.3, -0.25) is 9.59 Å². The highest BCUT2D eigenvalue weighted by Crippen LogP contribution is 2.22. The summed E-state index contributed by atoms with van der Waals surface area (Å²) < 4.78 is 10.8. The smallest absolute Gasteiger partial charge is 0.323 e. The van der Waals surface area contributed by atoms with Gasteiger partial charge in [-0.05, 0) is 66.9 Å². The molecule has 0 unspecified atom stereocenters. The van der Waals surface area contributed by atoms with Gasteiger partial charge in [0.2, 0.25) is 0 Å². The normalized spacial score (nSPS) is 10.7. The number of aromatic nitrogens is 2. The van der Waals surface area contributed by atoms with Crippen LogP contribution in [0, 0.1) is 0 Å². The number of carbonyl (C=O) groups excluding carboxylic acids is 2. The van der Waals surface area contributed by atoms with Gasteiger partial charge < -0.3 is 24.8 Å². The van der Waals surface area contributed by atoms with Gasteiger partial charge in [-0.2, -0.15) is 0 Å². The van der Waals surface area contributed by atoms with Crippen molar-refractivity contribution in [2.75, 3.05) is 11.9 Å². The van der Waals surface area contributed by atoms with Gasteiger partial charge in [-0.25, -0.2) is 4.79 Å². The average molecular weight is 445 g/mol. The molecule has 168 valence electrons. The second-order valence-electron chi connectivity index (χ2n) is 7.46. The van der Waals surface area contributed by atoms with Crippen LogP contribution in [0.1, 0.15) is 18.4 Å². The van der Waals surface area contributed by atoms with Gasteiger partial charge in [0, 0.05) is 12.1 Å². The number of carbonyl (C=O) groups is 2. The number of hydrogen-bond donors (Lipinski definition) is 3. The van der Waals surface area contributed by atoms with Crippen molar-refractivity contribution in [3.63, 3.8) is 0 Å². The summed E-state index contributed by atoms with van der Waals surface area (Å²) in [4.78, 5) is 40.7. The summed E-state index contributed by atoms with van der Waals surface area (Å²) in [5.74, 6) is 0.517. The number of aryl methyl sites for hydroxylation is 1. The molecule has 8 heteroatoms. The number of aromatic amines is 2. The first kappa shape index (κ1) is 21.9. The number of H-pyrrole nitrogens is 2. The fraction of sp³-hybridized carbons (Fsp3) is 0.160. The molecular formula is C25H23N3O5. The third-order valence-electron chi connectivity index (χ3n) is 4.91. The topological polar surface area (TPSA) is 113 Å². The Labute approximate surface area is 189 Å². The molecule has 3 N–H and O–H groups in total. The van der Waals surface area contributed by atoms with E-state index in [1.54, 1.807) is 24.3 Å². The summed E-state index contributed by atoms with van der Waals surface area (Å²) in [7, 11) is 0. The van der Waals surface area contributed by atoms with E-state index in [9.17, 15) is 14.4 Å². The maximum absolute atomic E-state index is 12.1. The number of fused-ring (bicyclic) bond motifs is 1. The van der Waals surface area contributed by atoms with Crippen LogP contribution in [0.25, 0.3) is 11.0 Å². The molecule has 4 aromatic rings. The summed E-state index contributed by atoms with van der Waals surface area (Å²) >= 11 is 0. The molecule has 4 rings (SSSR count). The summed E-state index contributed by atoms with van der Waals surface area (Å²) in [6, 6.07) is 21.9. The molecule has 0 aliphatic rings.